The molecule has 1 N–H and O–H groups in total. The van der Waals surface area contributed by atoms with Gasteiger partial charge in [-0.1, -0.05) is 91.0 Å². The molecule has 1 unspecified atom stereocenters. The summed E-state index contributed by atoms with van der Waals surface area (Å²) in [5.74, 6) is 0.478. The van der Waals surface area contributed by atoms with E-state index in [2.05, 4.69) is 96.3 Å². The van der Waals surface area contributed by atoms with E-state index < -0.39 is 0 Å². The van der Waals surface area contributed by atoms with Crippen molar-refractivity contribution >= 4 is 0 Å². The Morgan fingerprint density at radius 3 is 1.23 bits per heavy atom. The summed E-state index contributed by atoms with van der Waals surface area (Å²) in [6, 6.07) is 33.1. The lowest BCUT2D eigenvalue weighted by atomic mass is 9.72. The van der Waals surface area contributed by atoms with Crippen molar-refractivity contribution in [2.24, 2.45) is 0 Å². The number of hydrogen-bond donors (Lipinski definition) is 1. The molecular formula is C21H19N. The Bertz CT molecular complexity index is 676. The highest BCUT2D eigenvalue weighted by Gasteiger charge is 2.42. The minimum Gasteiger partial charge on any atom is -0.302 e. The van der Waals surface area contributed by atoms with Gasteiger partial charge in [-0.2, -0.15) is 0 Å². The summed E-state index contributed by atoms with van der Waals surface area (Å²) < 4.78 is 0. The highest BCUT2D eigenvalue weighted by molar-refractivity contribution is 5.38. The molecule has 0 bridgehead atoms. The summed E-state index contributed by atoms with van der Waals surface area (Å²) in [7, 11) is 0. The van der Waals surface area contributed by atoms with Crippen molar-refractivity contribution in [3.63, 3.8) is 0 Å². The second-order valence-electron chi connectivity index (χ2n) is 5.88. The van der Waals surface area contributed by atoms with Gasteiger partial charge in [0.25, 0.3) is 0 Å². The SMILES string of the molecule is c1ccc(C2[C@@H](c3ccccc3)N[C@H]2c2ccccc2)cc1. The van der Waals surface area contributed by atoms with Crippen LogP contribution < -0.4 is 5.32 Å². The summed E-state index contributed by atoms with van der Waals surface area (Å²) in [6.45, 7) is 0. The lowest BCUT2D eigenvalue weighted by Gasteiger charge is -2.47. The molecule has 3 atom stereocenters. The molecule has 1 aliphatic heterocycles. The van der Waals surface area contributed by atoms with Gasteiger partial charge in [-0.3, -0.25) is 0 Å². The van der Waals surface area contributed by atoms with Gasteiger partial charge in [0.1, 0.15) is 0 Å². The van der Waals surface area contributed by atoms with Crippen LogP contribution in [-0.2, 0) is 0 Å². The van der Waals surface area contributed by atoms with E-state index in [0.29, 0.717) is 18.0 Å². The van der Waals surface area contributed by atoms with Crippen LogP contribution in [0.25, 0.3) is 0 Å². The van der Waals surface area contributed by atoms with Gasteiger partial charge in [-0.05, 0) is 16.7 Å². The van der Waals surface area contributed by atoms with Gasteiger partial charge < -0.3 is 5.32 Å². The molecule has 0 aromatic heterocycles. The Kier molecular flexibility index (Phi) is 3.49. The van der Waals surface area contributed by atoms with Crippen molar-refractivity contribution in [2.45, 2.75) is 18.0 Å². The van der Waals surface area contributed by atoms with E-state index in [1.807, 2.05) is 0 Å². The zero-order valence-electron chi connectivity index (χ0n) is 12.4. The fourth-order valence-electron chi connectivity index (χ4n) is 3.46. The van der Waals surface area contributed by atoms with Gasteiger partial charge in [-0.15, -0.1) is 0 Å². The van der Waals surface area contributed by atoms with E-state index in [1.54, 1.807) is 0 Å². The molecule has 0 spiro atoms. The predicted molar refractivity (Wildman–Crippen MR) is 90.7 cm³/mol. The van der Waals surface area contributed by atoms with Crippen LogP contribution in [0.1, 0.15) is 34.7 Å². The van der Waals surface area contributed by atoms with Crippen LogP contribution in [0.3, 0.4) is 0 Å². The maximum atomic E-state index is 3.76. The monoisotopic (exact) mass is 285 g/mol. The van der Waals surface area contributed by atoms with Crippen LogP contribution in [0.15, 0.2) is 91.0 Å². The predicted octanol–water partition coefficient (Wildman–Crippen LogP) is 4.86. The normalized spacial score (nSPS) is 23.7. The quantitative estimate of drug-likeness (QED) is 0.725. The average Bonchev–Trinajstić information content (AvgIpc) is 2.57. The maximum absolute atomic E-state index is 3.76. The molecule has 0 amide bonds. The number of rotatable bonds is 3. The van der Waals surface area contributed by atoms with E-state index in [9.17, 15) is 0 Å². The summed E-state index contributed by atoms with van der Waals surface area (Å²) in [5.41, 5.74) is 4.14. The Hall–Kier alpha value is -2.38. The minimum atomic E-state index is 0.383. The molecule has 108 valence electrons. The summed E-state index contributed by atoms with van der Waals surface area (Å²) in [4.78, 5) is 0. The molecule has 22 heavy (non-hydrogen) atoms. The molecule has 0 saturated carbocycles. The molecular weight excluding hydrogens is 266 g/mol. The van der Waals surface area contributed by atoms with Crippen LogP contribution in [0.2, 0.25) is 0 Å². The van der Waals surface area contributed by atoms with Crippen LogP contribution in [0.5, 0.6) is 0 Å². The first kappa shape index (κ1) is 13.3. The Labute approximate surface area is 131 Å². The highest BCUT2D eigenvalue weighted by atomic mass is 15.1. The van der Waals surface area contributed by atoms with E-state index in [0.717, 1.165) is 0 Å². The van der Waals surface area contributed by atoms with Gasteiger partial charge in [0, 0.05) is 18.0 Å². The standard InChI is InChI=1S/C21H19N/c1-4-10-16(11-5-1)19-20(17-12-6-2-7-13-17)22-21(19)18-14-8-3-9-15-18/h1-15,19-22H/t19?,20-,21+. The third-order valence-electron chi connectivity index (χ3n) is 4.58. The van der Waals surface area contributed by atoms with Gasteiger partial charge in [0.2, 0.25) is 0 Å². The van der Waals surface area contributed by atoms with Crippen LogP contribution in [0.4, 0.5) is 0 Å². The third kappa shape index (κ3) is 2.34. The third-order valence-corrected chi connectivity index (χ3v) is 4.58. The molecule has 3 aromatic carbocycles. The largest absolute Gasteiger partial charge is 0.302 e. The lowest BCUT2D eigenvalue weighted by Crippen LogP contribution is -2.47. The Morgan fingerprint density at radius 1 is 0.455 bits per heavy atom. The fourth-order valence-corrected chi connectivity index (χ4v) is 3.46. The molecule has 1 saturated heterocycles. The second-order valence-corrected chi connectivity index (χ2v) is 5.88. The summed E-state index contributed by atoms with van der Waals surface area (Å²) in [5, 5.41) is 3.76. The van der Waals surface area contributed by atoms with E-state index >= 15 is 0 Å². The zero-order chi connectivity index (χ0) is 14.8. The topological polar surface area (TPSA) is 12.0 Å². The zero-order valence-corrected chi connectivity index (χ0v) is 12.4. The first-order valence-corrected chi connectivity index (χ1v) is 7.84. The summed E-state index contributed by atoms with van der Waals surface area (Å²) >= 11 is 0. The van der Waals surface area contributed by atoms with E-state index in [4.69, 9.17) is 0 Å². The Balaban J connectivity index is 1.71. The molecule has 3 aromatic rings. The van der Waals surface area contributed by atoms with Crippen LogP contribution in [-0.4, -0.2) is 0 Å². The van der Waals surface area contributed by atoms with Crippen molar-refractivity contribution < 1.29 is 0 Å². The minimum absolute atomic E-state index is 0.383. The van der Waals surface area contributed by atoms with E-state index in [-0.39, 0.29) is 0 Å². The van der Waals surface area contributed by atoms with Gasteiger partial charge in [-0.25, -0.2) is 0 Å². The van der Waals surface area contributed by atoms with Gasteiger partial charge in [0.15, 0.2) is 0 Å². The fraction of sp³-hybridized carbons (Fsp3) is 0.143. The van der Waals surface area contributed by atoms with Crippen molar-refractivity contribution in [2.75, 3.05) is 0 Å². The maximum Gasteiger partial charge on any atom is 0.0413 e. The number of benzene rings is 3. The van der Waals surface area contributed by atoms with Crippen LogP contribution >= 0.6 is 0 Å². The number of nitrogens with one attached hydrogen (secondary N) is 1. The first-order chi connectivity index (χ1) is 10.9. The Morgan fingerprint density at radius 2 is 0.818 bits per heavy atom. The lowest BCUT2D eigenvalue weighted by molar-refractivity contribution is 0.216. The molecule has 0 aliphatic carbocycles. The van der Waals surface area contributed by atoms with Gasteiger partial charge in [0.05, 0.1) is 0 Å². The van der Waals surface area contributed by atoms with Crippen molar-refractivity contribution in [3.8, 4) is 0 Å². The summed E-state index contributed by atoms with van der Waals surface area (Å²) in [6.07, 6.45) is 0. The van der Waals surface area contributed by atoms with Gasteiger partial charge >= 0.3 is 0 Å². The molecule has 1 nitrogen and oxygen atoms in total. The molecule has 1 heterocycles. The average molecular weight is 285 g/mol. The smallest absolute Gasteiger partial charge is 0.0413 e. The highest BCUT2D eigenvalue weighted by Crippen LogP contribution is 2.49. The molecule has 4 rings (SSSR count). The first-order valence-electron chi connectivity index (χ1n) is 7.84. The van der Waals surface area contributed by atoms with Crippen molar-refractivity contribution in [1.82, 2.24) is 5.32 Å². The van der Waals surface area contributed by atoms with Crippen molar-refractivity contribution in [3.05, 3.63) is 108 Å². The molecule has 1 fully saturated rings. The number of hydrogen-bond acceptors (Lipinski definition) is 1. The molecule has 0 radical (unpaired) electrons. The van der Waals surface area contributed by atoms with Crippen molar-refractivity contribution in [1.29, 1.82) is 0 Å². The second kappa shape index (κ2) is 5.78. The molecule has 1 aliphatic rings. The molecule has 1 heteroatoms. The van der Waals surface area contributed by atoms with E-state index in [1.165, 1.54) is 16.7 Å². The van der Waals surface area contributed by atoms with Crippen LogP contribution in [0, 0.1) is 0 Å².